The Bertz CT molecular complexity index is 781. The van der Waals surface area contributed by atoms with E-state index < -0.39 is 0 Å². The molecule has 1 fully saturated rings. The largest absolute Gasteiger partial charge is 0.352 e. The van der Waals surface area contributed by atoms with E-state index in [1.807, 2.05) is 31.2 Å². The molecular weight excluding hydrogens is 358 g/mol. The highest BCUT2D eigenvalue weighted by Gasteiger charge is 2.14. The van der Waals surface area contributed by atoms with Crippen molar-refractivity contribution >= 4 is 23.2 Å². The zero-order valence-corrected chi connectivity index (χ0v) is 16.6. The number of nitrogens with zero attached hydrogens (tertiary/aromatic N) is 1. The second-order valence-electron chi connectivity index (χ2n) is 6.85. The minimum atomic E-state index is -0.0914. The number of rotatable bonds is 7. The maximum Gasteiger partial charge on any atom is 0.261 e. The lowest BCUT2D eigenvalue weighted by Crippen LogP contribution is -2.28. The first-order chi connectivity index (χ1) is 13.2. The van der Waals surface area contributed by atoms with E-state index in [2.05, 4.69) is 21.6 Å². The molecule has 0 radical (unpaired) electrons. The molecule has 2 aromatic rings. The van der Waals surface area contributed by atoms with Crippen molar-refractivity contribution in [2.24, 2.45) is 0 Å². The third kappa shape index (κ3) is 5.65. The fraction of sp³-hybridized carbons (Fsp3) is 0.429. The number of nitrogens with one attached hydrogen (secondary N) is 2. The van der Waals surface area contributed by atoms with Gasteiger partial charge in [-0.2, -0.15) is 0 Å². The van der Waals surface area contributed by atoms with Crippen LogP contribution in [0, 0.1) is 0 Å². The van der Waals surface area contributed by atoms with E-state index >= 15 is 0 Å². The summed E-state index contributed by atoms with van der Waals surface area (Å²) in [6, 6.07) is 11.3. The van der Waals surface area contributed by atoms with Crippen LogP contribution in [0.4, 0.5) is 0 Å². The number of carbonyl (C=O) groups excluding carboxylic acids is 2. The van der Waals surface area contributed by atoms with Crippen molar-refractivity contribution < 1.29 is 9.59 Å². The third-order valence-corrected chi connectivity index (χ3v) is 5.76. The maximum atomic E-state index is 12.5. The average Bonchev–Trinajstić information content (AvgIpc) is 3.16. The Morgan fingerprint density at radius 2 is 1.85 bits per heavy atom. The van der Waals surface area contributed by atoms with Gasteiger partial charge in [-0.3, -0.25) is 14.5 Å². The summed E-state index contributed by atoms with van der Waals surface area (Å²) >= 11 is 1.57. The number of benzene rings is 1. The van der Waals surface area contributed by atoms with Crippen molar-refractivity contribution in [1.29, 1.82) is 0 Å². The van der Waals surface area contributed by atoms with E-state index in [1.165, 1.54) is 24.1 Å². The Labute approximate surface area is 164 Å². The molecule has 6 heteroatoms. The van der Waals surface area contributed by atoms with Crippen LogP contribution in [0.2, 0.25) is 0 Å². The first-order valence-corrected chi connectivity index (χ1v) is 10.4. The standard InChI is InChI=1S/C21H27N3O2S/c1-2-22-20(25)17-8-6-7-16(13-17)14-23-21(26)19-10-9-18(27-19)15-24-11-4-3-5-12-24/h6-10,13H,2-5,11-12,14-15H2,1H3,(H,22,25)(H,23,26). The molecule has 5 nitrogen and oxygen atoms in total. The van der Waals surface area contributed by atoms with Gasteiger partial charge in [0.2, 0.25) is 0 Å². The molecule has 1 saturated heterocycles. The topological polar surface area (TPSA) is 61.4 Å². The molecule has 1 aliphatic heterocycles. The lowest BCUT2D eigenvalue weighted by Gasteiger charge is -2.25. The van der Waals surface area contributed by atoms with Crippen LogP contribution in [0.1, 0.15) is 56.7 Å². The smallest absolute Gasteiger partial charge is 0.261 e. The van der Waals surface area contributed by atoms with E-state index in [0.717, 1.165) is 30.1 Å². The van der Waals surface area contributed by atoms with Gasteiger partial charge in [-0.1, -0.05) is 18.6 Å². The molecule has 1 aliphatic rings. The van der Waals surface area contributed by atoms with Crippen LogP contribution in [-0.4, -0.2) is 36.3 Å². The summed E-state index contributed by atoms with van der Waals surface area (Å²) < 4.78 is 0. The molecule has 0 atom stereocenters. The molecule has 1 aromatic heterocycles. The molecule has 2 amide bonds. The van der Waals surface area contributed by atoms with E-state index in [-0.39, 0.29) is 11.8 Å². The molecule has 0 aliphatic carbocycles. The Hall–Kier alpha value is -2.18. The van der Waals surface area contributed by atoms with Crippen LogP contribution >= 0.6 is 11.3 Å². The number of likely N-dealkylation sites (tertiary alicyclic amines) is 1. The lowest BCUT2D eigenvalue weighted by molar-refractivity contribution is 0.0949. The molecule has 0 spiro atoms. The first kappa shape index (κ1) is 19.6. The van der Waals surface area contributed by atoms with Gasteiger partial charge >= 0.3 is 0 Å². The van der Waals surface area contributed by atoms with Crippen molar-refractivity contribution in [1.82, 2.24) is 15.5 Å². The number of hydrogen-bond acceptors (Lipinski definition) is 4. The Balaban J connectivity index is 1.53. The molecule has 0 unspecified atom stereocenters. The summed E-state index contributed by atoms with van der Waals surface area (Å²) in [5.74, 6) is -0.153. The molecule has 144 valence electrons. The second kappa shape index (κ2) is 9.67. The first-order valence-electron chi connectivity index (χ1n) is 9.62. The van der Waals surface area contributed by atoms with Crippen molar-refractivity contribution in [3.8, 4) is 0 Å². The van der Waals surface area contributed by atoms with Gasteiger partial charge in [0, 0.05) is 30.1 Å². The van der Waals surface area contributed by atoms with E-state index in [1.54, 1.807) is 17.4 Å². The maximum absolute atomic E-state index is 12.5. The summed E-state index contributed by atoms with van der Waals surface area (Å²) in [7, 11) is 0. The molecule has 1 aromatic carbocycles. The summed E-state index contributed by atoms with van der Waals surface area (Å²) in [5, 5.41) is 5.74. The van der Waals surface area contributed by atoms with Crippen molar-refractivity contribution in [3.63, 3.8) is 0 Å². The molecule has 0 saturated carbocycles. The summed E-state index contributed by atoms with van der Waals surface area (Å²) in [5.41, 5.74) is 1.53. The summed E-state index contributed by atoms with van der Waals surface area (Å²) in [6.45, 7) is 6.14. The van der Waals surface area contributed by atoms with Gasteiger partial charge in [0.05, 0.1) is 4.88 Å². The van der Waals surface area contributed by atoms with E-state index in [9.17, 15) is 9.59 Å². The summed E-state index contributed by atoms with van der Waals surface area (Å²) in [6.07, 6.45) is 3.87. The summed E-state index contributed by atoms with van der Waals surface area (Å²) in [4.78, 5) is 28.8. The second-order valence-corrected chi connectivity index (χ2v) is 8.01. The SMILES string of the molecule is CCNC(=O)c1cccc(CNC(=O)c2ccc(CN3CCCCC3)s2)c1. The minimum absolute atomic E-state index is 0.0618. The van der Waals surface area contributed by atoms with Gasteiger partial charge < -0.3 is 10.6 Å². The number of carbonyl (C=O) groups is 2. The van der Waals surface area contributed by atoms with Crippen LogP contribution < -0.4 is 10.6 Å². The molecule has 0 bridgehead atoms. The van der Waals surface area contributed by atoms with Crippen molar-refractivity contribution in [2.75, 3.05) is 19.6 Å². The van der Waals surface area contributed by atoms with Gasteiger partial charge in [-0.25, -0.2) is 0 Å². The molecular formula is C21H27N3O2S. The highest BCUT2D eigenvalue weighted by Crippen LogP contribution is 2.20. The van der Waals surface area contributed by atoms with Crippen LogP contribution in [0.15, 0.2) is 36.4 Å². The monoisotopic (exact) mass is 385 g/mol. The van der Waals surface area contributed by atoms with Gasteiger partial charge in [-0.15, -0.1) is 11.3 Å². The van der Waals surface area contributed by atoms with E-state index in [0.29, 0.717) is 18.7 Å². The van der Waals surface area contributed by atoms with Gasteiger partial charge in [-0.05, 0) is 62.7 Å². The van der Waals surface area contributed by atoms with Crippen LogP contribution in [0.25, 0.3) is 0 Å². The number of thiophene rings is 1. The van der Waals surface area contributed by atoms with Gasteiger partial charge in [0.15, 0.2) is 0 Å². The van der Waals surface area contributed by atoms with Crippen LogP contribution in [0.5, 0.6) is 0 Å². The van der Waals surface area contributed by atoms with Crippen LogP contribution in [-0.2, 0) is 13.1 Å². The number of hydrogen-bond donors (Lipinski definition) is 2. The molecule has 3 rings (SSSR count). The number of piperidine rings is 1. The highest BCUT2D eigenvalue weighted by atomic mass is 32.1. The molecule has 27 heavy (non-hydrogen) atoms. The number of amides is 2. The zero-order valence-electron chi connectivity index (χ0n) is 15.8. The van der Waals surface area contributed by atoms with Crippen LogP contribution in [0.3, 0.4) is 0 Å². The Morgan fingerprint density at radius 1 is 1.04 bits per heavy atom. The van der Waals surface area contributed by atoms with E-state index in [4.69, 9.17) is 0 Å². The predicted octanol–water partition coefficient (Wildman–Crippen LogP) is 3.41. The average molecular weight is 386 g/mol. The fourth-order valence-corrected chi connectivity index (χ4v) is 4.24. The normalized spacial score (nSPS) is 14.7. The van der Waals surface area contributed by atoms with Crippen molar-refractivity contribution in [3.05, 3.63) is 57.3 Å². The lowest BCUT2D eigenvalue weighted by atomic mass is 10.1. The quantitative estimate of drug-likeness (QED) is 0.768. The molecule has 2 heterocycles. The minimum Gasteiger partial charge on any atom is -0.352 e. The van der Waals surface area contributed by atoms with Gasteiger partial charge in [0.25, 0.3) is 11.8 Å². The Kier molecular flexibility index (Phi) is 7.01. The van der Waals surface area contributed by atoms with Crippen molar-refractivity contribution in [2.45, 2.75) is 39.3 Å². The third-order valence-electron chi connectivity index (χ3n) is 4.69. The predicted molar refractivity (Wildman–Crippen MR) is 109 cm³/mol. The zero-order chi connectivity index (χ0) is 19.1. The fourth-order valence-electron chi connectivity index (χ4n) is 3.28. The Morgan fingerprint density at radius 3 is 2.63 bits per heavy atom. The molecule has 2 N–H and O–H groups in total. The van der Waals surface area contributed by atoms with Gasteiger partial charge in [0.1, 0.15) is 0 Å². The highest BCUT2D eigenvalue weighted by molar-refractivity contribution is 7.14.